The van der Waals surface area contributed by atoms with Gasteiger partial charge in [0.05, 0.1) is 25.4 Å². The molecule has 0 amide bonds. The van der Waals surface area contributed by atoms with Gasteiger partial charge >= 0.3 is 0 Å². The zero-order chi connectivity index (χ0) is 7.56. The monoisotopic (exact) mass is 145 g/mol. The van der Waals surface area contributed by atoms with Crippen molar-refractivity contribution in [2.24, 2.45) is 0 Å². The molecule has 3 nitrogen and oxygen atoms in total. The molecule has 1 fully saturated rings. The van der Waals surface area contributed by atoms with Crippen molar-refractivity contribution < 1.29 is 9.84 Å². The molecule has 10 heavy (non-hydrogen) atoms. The van der Waals surface area contributed by atoms with Gasteiger partial charge in [0.2, 0.25) is 0 Å². The highest BCUT2D eigenvalue weighted by Crippen LogP contribution is 2.05. The summed E-state index contributed by atoms with van der Waals surface area (Å²) in [5.74, 6) is 0. The van der Waals surface area contributed by atoms with E-state index in [1.165, 1.54) is 0 Å². The highest BCUT2D eigenvalue weighted by Gasteiger charge is 2.25. The maximum atomic E-state index is 9.25. The lowest BCUT2D eigenvalue weighted by atomic mass is 10.2. The first-order valence-corrected chi connectivity index (χ1v) is 3.72. The van der Waals surface area contributed by atoms with Gasteiger partial charge in [-0.05, 0) is 0 Å². The molecule has 1 heterocycles. The van der Waals surface area contributed by atoms with Gasteiger partial charge in [-0.25, -0.2) is 0 Å². The summed E-state index contributed by atoms with van der Waals surface area (Å²) in [6.07, 6.45) is -0.317. The van der Waals surface area contributed by atoms with E-state index in [9.17, 15) is 5.11 Å². The van der Waals surface area contributed by atoms with E-state index >= 15 is 0 Å². The number of ether oxygens (including phenoxy) is 1. The summed E-state index contributed by atoms with van der Waals surface area (Å²) in [6, 6.07) is 0.557. The summed E-state index contributed by atoms with van der Waals surface area (Å²) in [6.45, 7) is 5.24. The van der Waals surface area contributed by atoms with E-state index in [1.807, 2.05) is 0 Å². The largest absolute Gasteiger partial charge is 0.389 e. The molecule has 1 aliphatic rings. The Balaban J connectivity index is 2.26. The zero-order valence-corrected chi connectivity index (χ0v) is 6.50. The predicted octanol–water partition coefficient (Wildman–Crippen LogP) is -0.256. The fraction of sp³-hybridized carbons (Fsp3) is 1.00. The number of nitrogens with one attached hydrogen (secondary N) is 1. The highest BCUT2D eigenvalue weighted by molar-refractivity contribution is 4.81. The van der Waals surface area contributed by atoms with Crippen molar-refractivity contribution in [3.63, 3.8) is 0 Å². The molecular weight excluding hydrogens is 130 g/mol. The minimum atomic E-state index is -0.317. The van der Waals surface area contributed by atoms with Crippen LogP contribution in [0.15, 0.2) is 0 Å². The van der Waals surface area contributed by atoms with Gasteiger partial charge in [-0.3, -0.25) is 0 Å². The molecule has 0 aromatic rings. The van der Waals surface area contributed by atoms with Crippen LogP contribution in [0.3, 0.4) is 0 Å². The molecule has 0 bridgehead atoms. The number of rotatable bonds is 2. The molecular formula is C7H15NO2. The first kappa shape index (κ1) is 7.98. The second-order valence-corrected chi connectivity index (χ2v) is 3.03. The van der Waals surface area contributed by atoms with Gasteiger partial charge < -0.3 is 15.2 Å². The summed E-state index contributed by atoms with van der Waals surface area (Å²) in [4.78, 5) is 0. The van der Waals surface area contributed by atoms with Crippen molar-refractivity contribution in [1.82, 2.24) is 5.32 Å². The van der Waals surface area contributed by atoms with E-state index in [2.05, 4.69) is 19.2 Å². The quantitative estimate of drug-likeness (QED) is 0.562. The van der Waals surface area contributed by atoms with Gasteiger partial charge in [-0.2, -0.15) is 0 Å². The van der Waals surface area contributed by atoms with Crippen LogP contribution in [-0.4, -0.2) is 36.5 Å². The van der Waals surface area contributed by atoms with Crippen molar-refractivity contribution in [3.05, 3.63) is 0 Å². The molecule has 1 rings (SSSR count). The Labute approximate surface area is 61.4 Å². The fourth-order valence-corrected chi connectivity index (χ4v) is 1.13. The Bertz CT molecular complexity index is 106. The summed E-state index contributed by atoms with van der Waals surface area (Å²) in [7, 11) is 0. The van der Waals surface area contributed by atoms with Crippen molar-refractivity contribution in [2.75, 3.05) is 13.2 Å². The molecule has 3 heteroatoms. The minimum absolute atomic E-state index is 0.139. The Morgan fingerprint density at radius 3 is 2.60 bits per heavy atom. The first-order chi connectivity index (χ1) is 4.70. The predicted molar refractivity (Wildman–Crippen MR) is 38.9 cm³/mol. The van der Waals surface area contributed by atoms with Gasteiger partial charge in [-0.15, -0.1) is 0 Å². The molecule has 2 atom stereocenters. The average molecular weight is 145 g/mol. The van der Waals surface area contributed by atoms with Crippen molar-refractivity contribution in [3.8, 4) is 0 Å². The topological polar surface area (TPSA) is 41.5 Å². The van der Waals surface area contributed by atoms with E-state index in [4.69, 9.17) is 4.74 Å². The van der Waals surface area contributed by atoms with E-state index in [-0.39, 0.29) is 12.1 Å². The van der Waals surface area contributed by atoms with Crippen LogP contribution in [0.4, 0.5) is 0 Å². The molecule has 0 spiro atoms. The summed E-state index contributed by atoms with van der Waals surface area (Å²) in [5.41, 5.74) is 0. The molecule has 0 radical (unpaired) electrons. The van der Waals surface area contributed by atoms with Crippen LogP contribution < -0.4 is 5.32 Å². The van der Waals surface area contributed by atoms with Gasteiger partial charge in [0.1, 0.15) is 0 Å². The average Bonchev–Trinajstić information content (AvgIpc) is 2.15. The molecule has 0 saturated carbocycles. The second-order valence-electron chi connectivity index (χ2n) is 3.03. The molecule has 60 valence electrons. The molecule has 0 unspecified atom stereocenters. The van der Waals surface area contributed by atoms with Gasteiger partial charge in [0.25, 0.3) is 0 Å². The highest BCUT2D eigenvalue weighted by atomic mass is 16.5. The smallest absolute Gasteiger partial charge is 0.0948 e. The van der Waals surface area contributed by atoms with E-state index in [1.54, 1.807) is 0 Å². The van der Waals surface area contributed by atoms with Crippen LogP contribution in [0.25, 0.3) is 0 Å². The minimum Gasteiger partial charge on any atom is -0.389 e. The molecule has 1 aliphatic heterocycles. The number of aliphatic hydroxyl groups excluding tert-OH is 1. The standard InChI is InChI=1S/C7H15NO2/c1-5(2)8-6-3-10-4-7(6)9/h5-9H,3-4H2,1-2H3/t6-,7-/m1/s1. The van der Waals surface area contributed by atoms with E-state index in [0.717, 1.165) is 0 Å². The van der Waals surface area contributed by atoms with Crippen LogP contribution in [-0.2, 0) is 4.74 Å². The van der Waals surface area contributed by atoms with Gasteiger partial charge in [-0.1, -0.05) is 13.8 Å². The molecule has 0 aliphatic carbocycles. The summed E-state index contributed by atoms with van der Waals surface area (Å²) < 4.78 is 5.06. The lowest BCUT2D eigenvalue weighted by molar-refractivity contribution is 0.121. The number of aliphatic hydroxyl groups is 1. The lowest BCUT2D eigenvalue weighted by Crippen LogP contribution is -2.42. The summed E-state index contributed by atoms with van der Waals surface area (Å²) >= 11 is 0. The van der Waals surface area contributed by atoms with Crippen LogP contribution in [0.2, 0.25) is 0 Å². The summed E-state index contributed by atoms with van der Waals surface area (Å²) in [5, 5.41) is 12.5. The van der Waals surface area contributed by atoms with E-state index in [0.29, 0.717) is 19.3 Å². The van der Waals surface area contributed by atoms with Crippen molar-refractivity contribution in [2.45, 2.75) is 32.0 Å². The van der Waals surface area contributed by atoms with Crippen LogP contribution >= 0.6 is 0 Å². The fourth-order valence-electron chi connectivity index (χ4n) is 1.13. The lowest BCUT2D eigenvalue weighted by Gasteiger charge is -2.16. The Morgan fingerprint density at radius 2 is 2.20 bits per heavy atom. The van der Waals surface area contributed by atoms with E-state index < -0.39 is 0 Å². The van der Waals surface area contributed by atoms with Crippen LogP contribution in [0, 0.1) is 0 Å². The zero-order valence-electron chi connectivity index (χ0n) is 6.50. The third-order valence-corrected chi connectivity index (χ3v) is 1.60. The second kappa shape index (κ2) is 3.32. The Morgan fingerprint density at radius 1 is 1.50 bits per heavy atom. The number of hydrogen-bond donors (Lipinski definition) is 2. The SMILES string of the molecule is CC(C)N[C@@H]1COC[C@H]1O. The molecule has 2 N–H and O–H groups in total. The van der Waals surface area contributed by atoms with Crippen molar-refractivity contribution >= 4 is 0 Å². The van der Waals surface area contributed by atoms with Crippen LogP contribution in [0.5, 0.6) is 0 Å². The number of hydrogen-bond acceptors (Lipinski definition) is 3. The molecule has 0 aromatic carbocycles. The normalized spacial score (nSPS) is 33.6. The Hall–Kier alpha value is -0.120. The van der Waals surface area contributed by atoms with Gasteiger partial charge in [0, 0.05) is 6.04 Å². The third kappa shape index (κ3) is 1.94. The van der Waals surface area contributed by atoms with Crippen molar-refractivity contribution in [1.29, 1.82) is 0 Å². The Kier molecular flexibility index (Phi) is 2.65. The first-order valence-electron chi connectivity index (χ1n) is 3.72. The maximum Gasteiger partial charge on any atom is 0.0948 e. The molecule has 0 aromatic heterocycles. The maximum absolute atomic E-state index is 9.25. The van der Waals surface area contributed by atoms with Gasteiger partial charge in [0.15, 0.2) is 0 Å². The van der Waals surface area contributed by atoms with Crippen LogP contribution in [0.1, 0.15) is 13.8 Å². The molecule has 1 saturated heterocycles. The third-order valence-electron chi connectivity index (χ3n) is 1.60.